The molecule has 0 amide bonds. The Morgan fingerprint density at radius 2 is 1.36 bits per heavy atom. The molecule has 0 heterocycles. The highest BCUT2D eigenvalue weighted by Crippen LogP contribution is 2.61. The van der Waals surface area contributed by atoms with Gasteiger partial charge in [0.1, 0.15) is 0 Å². The topological polar surface area (TPSA) is 0 Å². The van der Waals surface area contributed by atoms with E-state index in [4.69, 9.17) is 0 Å². The largest absolute Gasteiger partial charge is 0.0625 e. The molecule has 0 aromatic heterocycles. The van der Waals surface area contributed by atoms with Crippen LogP contribution in [-0.4, -0.2) is 0 Å². The lowest BCUT2D eigenvalue weighted by Gasteiger charge is -2.29. The third kappa shape index (κ3) is 3.93. The third-order valence-corrected chi connectivity index (χ3v) is 7.95. The zero-order valence-electron chi connectivity index (χ0n) is 18.5. The van der Waals surface area contributed by atoms with E-state index in [-0.39, 0.29) is 0 Å². The molecule has 28 heavy (non-hydrogen) atoms. The molecule has 6 unspecified atom stereocenters. The number of aryl methyl sites for hydroxylation is 3. The smallest absolute Gasteiger partial charge is 0.0179 e. The highest BCUT2D eigenvalue weighted by atomic mass is 14.6. The van der Waals surface area contributed by atoms with Gasteiger partial charge in [0.25, 0.3) is 0 Å². The van der Waals surface area contributed by atoms with Gasteiger partial charge in [0.15, 0.2) is 0 Å². The number of hydrogen-bond donors (Lipinski definition) is 0. The minimum Gasteiger partial charge on any atom is -0.0625 e. The summed E-state index contributed by atoms with van der Waals surface area (Å²) in [5.74, 6) is 6.75. The lowest BCUT2D eigenvalue weighted by Crippen LogP contribution is -2.22. The number of fused-ring (bicyclic) bond motifs is 5. The Morgan fingerprint density at radius 3 is 2.00 bits per heavy atom. The second-order valence-electron chi connectivity index (χ2n) is 10.2. The van der Waals surface area contributed by atoms with Gasteiger partial charge in [-0.25, -0.2) is 0 Å². The standard InChI is InChI=1S/C16H18.C12H20/c1-4-14-5-7-15(8-6-14)16-10-12(2)9-13(3)11-16;1-7-3-11-9-5-8(2)10(6-9)12(11)4-7/h5-11H,4H2,1-3H3;7-12H,3-6H2,1-2H3. The number of rotatable bonds is 2. The SMILES string of the molecule is CC1CC2C3CC(C)C(C3)C2C1.CCc1ccc(-c2cc(C)cc(C)c2)cc1. The summed E-state index contributed by atoms with van der Waals surface area (Å²) < 4.78 is 0. The van der Waals surface area contributed by atoms with Crippen molar-refractivity contribution in [3.8, 4) is 11.1 Å². The third-order valence-electron chi connectivity index (χ3n) is 7.95. The molecule has 2 bridgehead atoms. The van der Waals surface area contributed by atoms with Gasteiger partial charge in [-0.15, -0.1) is 0 Å². The fourth-order valence-corrected chi connectivity index (χ4v) is 6.76. The van der Waals surface area contributed by atoms with E-state index in [0.717, 1.165) is 36.0 Å². The summed E-state index contributed by atoms with van der Waals surface area (Å²) >= 11 is 0. The minimum atomic E-state index is 1.05. The van der Waals surface area contributed by atoms with Crippen LogP contribution in [0.25, 0.3) is 11.1 Å². The molecule has 0 N–H and O–H groups in total. The maximum atomic E-state index is 2.49. The van der Waals surface area contributed by atoms with Crippen LogP contribution in [0, 0.1) is 49.4 Å². The molecule has 0 aliphatic heterocycles. The van der Waals surface area contributed by atoms with Gasteiger partial charge in [-0.3, -0.25) is 0 Å². The molecule has 0 heteroatoms. The van der Waals surface area contributed by atoms with Gasteiger partial charge in [-0.2, -0.15) is 0 Å². The Hall–Kier alpha value is -1.56. The lowest BCUT2D eigenvalue weighted by molar-refractivity contribution is 0.201. The molecule has 3 aliphatic rings. The fraction of sp³-hybridized carbons (Fsp3) is 0.571. The summed E-state index contributed by atoms with van der Waals surface area (Å²) in [5, 5.41) is 0. The van der Waals surface area contributed by atoms with Gasteiger partial charge in [0, 0.05) is 0 Å². The summed E-state index contributed by atoms with van der Waals surface area (Å²) in [6, 6.07) is 15.6. The van der Waals surface area contributed by atoms with Crippen molar-refractivity contribution in [2.75, 3.05) is 0 Å². The zero-order chi connectivity index (χ0) is 19.8. The van der Waals surface area contributed by atoms with Gasteiger partial charge in [0.2, 0.25) is 0 Å². The van der Waals surface area contributed by atoms with Crippen molar-refractivity contribution in [3.63, 3.8) is 0 Å². The van der Waals surface area contributed by atoms with Crippen molar-refractivity contribution in [1.29, 1.82) is 0 Å². The predicted octanol–water partition coefficient (Wildman–Crippen LogP) is 7.86. The van der Waals surface area contributed by atoms with Crippen LogP contribution >= 0.6 is 0 Å². The van der Waals surface area contributed by atoms with E-state index in [9.17, 15) is 0 Å². The van der Waals surface area contributed by atoms with Crippen molar-refractivity contribution in [3.05, 3.63) is 59.2 Å². The fourth-order valence-electron chi connectivity index (χ4n) is 6.76. The van der Waals surface area contributed by atoms with Crippen molar-refractivity contribution in [2.24, 2.45) is 35.5 Å². The van der Waals surface area contributed by atoms with Crippen LogP contribution in [0.2, 0.25) is 0 Å². The van der Waals surface area contributed by atoms with Crippen LogP contribution in [0.3, 0.4) is 0 Å². The van der Waals surface area contributed by atoms with E-state index in [1.54, 1.807) is 25.7 Å². The molecule has 3 aliphatic carbocycles. The average Bonchev–Trinajstić information content (AvgIpc) is 3.32. The second kappa shape index (κ2) is 8.05. The van der Waals surface area contributed by atoms with E-state index >= 15 is 0 Å². The summed E-state index contributed by atoms with van der Waals surface area (Å²) in [6.07, 6.45) is 7.41. The van der Waals surface area contributed by atoms with Gasteiger partial charge in [0.05, 0.1) is 0 Å². The second-order valence-corrected chi connectivity index (χ2v) is 10.2. The molecule has 0 radical (unpaired) electrons. The van der Waals surface area contributed by atoms with E-state index in [2.05, 4.69) is 77.1 Å². The molecular weight excluding hydrogens is 336 g/mol. The van der Waals surface area contributed by atoms with Gasteiger partial charge in [-0.05, 0) is 98.1 Å². The van der Waals surface area contributed by atoms with Crippen LogP contribution in [0.15, 0.2) is 42.5 Å². The van der Waals surface area contributed by atoms with Gasteiger partial charge < -0.3 is 0 Å². The molecule has 2 aromatic rings. The molecule has 2 aromatic carbocycles. The van der Waals surface area contributed by atoms with Gasteiger partial charge >= 0.3 is 0 Å². The summed E-state index contributed by atoms with van der Waals surface area (Å²) in [7, 11) is 0. The van der Waals surface area contributed by atoms with Crippen molar-refractivity contribution >= 4 is 0 Å². The van der Waals surface area contributed by atoms with Crippen LogP contribution < -0.4 is 0 Å². The Morgan fingerprint density at radius 1 is 0.714 bits per heavy atom. The zero-order valence-corrected chi connectivity index (χ0v) is 18.5. The molecule has 150 valence electrons. The molecule has 0 spiro atoms. The molecule has 6 atom stereocenters. The Labute approximate surface area is 172 Å². The Bertz CT molecular complexity index is 775. The summed E-state index contributed by atoms with van der Waals surface area (Å²) in [4.78, 5) is 0. The van der Waals surface area contributed by atoms with E-state index in [1.165, 1.54) is 33.7 Å². The normalized spacial score (nSPS) is 32.8. The highest BCUT2D eigenvalue weighted by molar-refractivity contribution is 5.65. The van der Waals surface area contributed by atoms with Crippen molar-refractivity contribution in [2.45, 2.75) is 66.7 Å². The molecule has 0 nitrogen and oxygen atoms in total. The van der Waals surface area contributed by atoms with Crippen LogP contribution in [0.1, 0.15) is 63.1 Å². The number of hydrogen-bond acceptors (Lipinski definition) is 0. The van der Waals surface area contributed by atoms with E-state index in [1.807, 2.05) is 0 Å². The van der Waals surface area contributed by atoms with E-state index < -0.39 is 0 Å². The lowest BCUT2D eigenvalue weighted by atomic mass is 9.77. The number of benzene rings is 2. The first-order valence-corrected chi connectivity index (χ1v) is 11.6. The van der Waals surface area contributed by atoms with Crippen LogP contribution in [-0.2, 0) is 6.42 Å². The van der Waals surface area contributed by atoms with Gasteiger partial charge in [-0.1, -0.05) is 74.4 Å². The maximum absolute atomic E-state index is 2.49. The predicted molar refractivity (Wildman–Crippen MR) is 121 cm³/mol. The quantitative estimate of drug-likeness (QED) is 0.502. The molecule has 0 saturated heterocycles. The first kappa shape index (κ1) is 19.7. The summed E-state index contributed by atoms with van der Waals surface area (Å²) in [6.45, 7) is 11.4. The Kier molecular flexibility index (Phi) is 5.68. The first-order valence-electron chi connectivity index (χ1n) is 11.6. The van der Waals surface area contributed by atoms with E-state index in [0.29, 0.717) is 0 Å². The molecular formula is C28H38. The molecule has 5 rings (SSSR count). The highest BCUT2D eigenvalue weighted by Gasteiger charge is 2.53. The Balaban J connectivity index is 0.000000142. The maximum Gasteiger partial charge on any atom is -0.0179 e. The van der Waals surface area contributed by atoms with Crippen LogP contribution in [0.5, 0.6) is 0 Å². The summed E-state index contributed by atoms with van der Waals surface area (Å²) in [5.41, 5.74) is 6.68. The minimum absolute atomic E-state index is 1.05. The van der Waals surface area contributed by atoms with Crippen molar-refractivity contribution in [1.82, 2.24) is 0 Å². The monoisotopic (exact) mass is 374 g/mol. The van der Waals surface area contributed by atoms with Crippen molar-refractivity contribution < 1.29 is 0 Å². The van der Waals surface area contributed by atoms with Crippen LogP contribution in [0.4, 0.5) is 0 Å². The first-order chi connectivity index (χ1) is 13.4. The molecule has 3 saturated carbocycles. The average molecular weight is 375 g/mol. The molecule has 3 fully saturated rings.